The SMILES string of the molecule is c1cc2c(cc1-c1noc(-c3cc(C4CCNC4)[nH]n3)n1)CCO2. The van der Waals surface area contributed by atoms with Crippen molar-refractivity contribution in [2.45, 2.75) is 18.8 Å². The number of ether oxygens (including phenoxy) is 1. The Kier molecular flexibility index (Phi) is 3.12. The van der Waals surface area contributed by atoms with Crippen LogP contribution in [0.5, 0.6) is 5.75 Å². The summed E-state index contributed by atoms with van der Waals surface area (Å²) in [5.41, 5.74) is 3.93. The summed E-state index contributed by atoms with van der Waals surface area (Å²) in [5, 5.41) is 14.9. The van der Waals surface area contributed by atoms with Crippen molar-refractivity contribution < 1.29 is 9.26 Å². The molecular weight excluding hydrogens is 306 g/mol. The van der Waals surface area contributed by atoms with Crippen LogP contribution in [0, 0.1) is 0 Å². The monoisotopic (exact) mass is 323 g/mol. The van der Waals surface area contributed by atoms with Crippen LogP contribution >= 0.6 is 0 Å². The van der Waals surface area contributed by atoms with Crippen molar-refractivity contribution in [3.8, 4) is 28.7 Å². The van der Waals surface area contributed by atoms with E-state index in [1.165, 1.54) is 5.56 Å². The lowest BCUT2D eigenvalue weighted by molar-refractivity contribution is 0.357. The van der Waals surface area contributed by atoms with Gasteiger partial charge >= 0.3 is 0 Å². The average molecular weight is 323 g/mol. The lowest BCUT2D eigenvalue weighted by Crippen LogP contribution is -2.08. The van der Waals surface area contributed by atoms with Crippen LogP contribution < -0.4 is 10.1 Å². The van der Waals surface area contributed by atoms with Crippen molar-refractivity contribution in [3.63, 3.8) is 0 Å². The fourth-order valence-corrected chi connectivity index (χ4v) is 3.35. The highest BCUT2D eigenvalue weighted by atomic mass is 16.5. The fraction of sp³-hybridized carbons (Fsp3) is 0.353. The van der Waals surface area contributed by atoms with E-state index >= 15 is 0 Å². The number of rotatable bonds is 3. The Morgan fingerprint density at radius 2 is 2.21 bits per heavy atom. The molecule has 1 saturated heterocycles. The second-order valence-electron chi connectivity index (χ2n) is 6.24. The molecule has 7 nitrogen and oxygen atoms in total. The molecule has 1 unspecified atom stereocenters. The Bertz CT molecular complexity index is 879. The number of hydrogen-bond donors (Lipinski definition) is 2. The maximum absolute atomic E-state index is 5.53. The molecule has 24 heavy (non-hydrogen) atoms. The minimum atomic E-state index is 0.440. The van der Waals surface area contributed by atoms with Gasteiger partial charge in [0.15, 0.2) is 5.69 Å². The molecule has 4 heterocycles. The lowest BCUT2D eigenvalue weighted by Gasteiger charge is -2.02. The Morgan fingerprint density at radius 3 is 3.12 bits per heavy atom. The van der Waals surface area contributed by atoms with Gasteiger partial charge in [0.2, 0.25) is 5.82 Å². The molecule has 3 aromatic rings. The molecule has 122 valence electrons. The molecule has 2 aromatic heterocycles. The first-order valence-electron chi connectivity index (χ1n) is 8.23. The summed E-state index contributed by atoms with van der Waals surface area (Å²) < 4.78 is 10.9. The number of nitrogens with zero attached hydrogens (tertiary/aromatic N) is 3. The number of hydrogen-bond acceptors (Lipinski definition) is 6. The predicted octanol–water partition coefficient (Wildman–Crippen LogP) is 2.14. The number of fused-ring (bicyclic) bond motifs is 1. The molecule has 0 amide bonds. The topological polar surface area (TPSA) is 88.9 Å². The normalized spacial score (nSPS) is 19.4. The fourth-order valence-electron chi connectivity index (χ4n) is 3.35. The van der Waals surface area contributed by atoms with Gasteiger partial charge in [-0.15, -0.1) is 0 Å². The number of benzene rings is 1. The molecule has 0 saturated carbocycles. The molecule has 0 radical (unpaired) electrons. The van der Waals surface area contributed by atoms with Gasteiger partial charge in [-0.1, -0.05) is 5.16 Å². The highest BCUT2D eigenvalue weighted by Crippen LogP contribution is 2.30. The van der Waals surface area contributed by atoms with Crippen molar-refractivity contribution in [1.29, 1.82) is 0 Å². The van der Waals surface area contributed by atoms with Crippen LogP contribution in [0.4, 0.5) is 0 Å². The summed E-state index contributed by atoms with van der Waals surface area (Å²) >= 11 is 0. The van der Waals surface area contributed by atoms with Gasteiger partial charge in [0.05, 0.1) is 6.61 Å². The summed E-state index contributed by atoms with van der Waals surface area (Å²) in [6, 6.07) is 8.00. The molecule has 1 fully saturated rings. The van der Waals surface area contributed by atoms with Crippen LogP contribution in [0.15, 0.2) is 28.8 Å². The summed E-state index contributed by atoms with van der Waals surface area (Å²) in [5.74, 6) is 2.44. The third-order valence-electron chi connectivity index (χ3n) is 4.69. The average Bonchev–Trinajstić information content (AvgIpc) is 3.41. The highest BCUT2D eigenvalue weighted by molar-refractivity contribution is 5.61. The second-order valence-corrected chi connectivity index (χ2v) is 6.24. The van der Waals surface area contributed by atoms with Gasteiger partial charge in [-0.3, -0.25) is 5.10 Å². The third kappa shape index (κ3) is 2.28. The largest absolute Gasteiger partial charge is 0.493 e. The minimum Gasteiger partial charge on any atom is -0.493 e. The Labute approximate surface area is 138 Å². The molecule has 0 aliphatic carbocycles. The van der Waals surface area contributed by atoms with Gasteiger partial charge in [0, 0.05) is 30.1 Å². The maximum Gasteiger partial charge on any atom is 0.278 e. The Morgan fingerprint density at radius 1 is 1.21 bits per heavy atom. The Balaban J connectivity index is 1.43. The van der Waals surface area contributed by atoms with Crippen molar-refractivity contribution in [2.75, 3.05) is 19.7 Å². The van der Waals surface area contributed by atoms with E-state index in [2.05, 4.69) is 31.7 Å². The standard InChI is InChI=1S/C17H17N5O2/c1-2-15-10(4-6-23-15)7-11(1)16-19-17(24-22-16)14-8-13(20-21-14)12-3-5-18-9-12/h1-2,7-8,12,18H,3-6,9H2,(H,20,21). The van der Waals surface area contributed by atoms with E-state index in [0.717, 1.165) is 49.5 Å². The summed E-state index contributed by atoms with van der Waals surface area (Å²) in [6.07, 6.45) is 2.04. The van der Waals surface area contributed by atoms with Crippen LogP contribution in [0.2, 0.25) is 0 Å². The van der Waals surface area contributed by atoms with Crippen LogP contribution in [0.1, 0.15) is 23.6 Å². The minimum absolute atomic E-state index is 0.440. The van der Waals surface area contributed by atoms with Crippen molar-refractivity contribution in [1.82, 2.24) is 25.7 Å². The molecule has 0 bridgehead atoms. The summed E-state index contributed by atoms with van der Waals surface area (Å²) in [4.78, 5) is 4.50. The number of H-pyrrole nitrogens is 1. The van der Waals surface area contributed by atoms with Crippen molar-refractivity contribution in [2.24, 2.45) is 0 Å². The summed E-state index contributed by atoms with van der Waals surface area (Å²) in [7, 11) is 0. The molecule has 7 heteroatoms. The molecule has 2 N–H and O–H groups in total. The molecule has 0 spiro atoms. The Hall–Kier alpha value is -2.67. The van der Waals surface area contributed by atoms with Crippen molar-refractivity contribution >= 4 is 0 Å². The quantitative estimate of drug-likeness (QED) is 0.767. The molecule has 5 rings (SSSR count). The first-order chi connectivity index (χ1) is 11.9. The third-order valence-corrected chi connectivity index (χ3v) is 4.69. The molecular formula is C17H17N5O2. The van der Waals surface area contributed by atoms with E-state index in [-0.39, 0.29) is 0 Å². The number of aromatic amines is 1. The van der Waals surface area contributed by atoms with Crippen LogP contribution in [-0.4, -0.2) is 40.0 Å². The van der Waals surface area contributed by atoms with Gasteiger partial charge in [0.25, 0.3) is 5.89 Å². The van der Waals surface area contributed by atoms with E-state index < -0.39 is 0 Å². The van der Waals surface area contributed by atoms with Crippen LogP contribution in [0.3, 0.4) is 0 Å². The number of nitrogens with one attached hydrogen (secondary N) is 2. The number of aromatic nitrogens is 4. The predicted molar refractivity (Wildman–Crippen MR) is 86.7 cm³/mol. The first-order valence-corrected chi connectivity index (χ1v) is 8.23. The van der Waals surface area contributed by atoms with E-state index in [9.17, 15) is 0 Å². The van der Waals surface area contributed by atoms with E-state index in [0.29, 0.717) is 23.3 Å². The van der Waals surface area contributed by atoms with Gasteiger partial charge in [-0.2, -0.15) is 10.1 Å². The van der Waals surface area contributed by atoms with Gasteiger partial charge < -0.3 is 14.6 Å². The second kappa shape index (κ2) is 5.45. The highest BCUT2D eigenvalue weighted by Gasteiger charge is 2.21. The molecule has 2 aliphatic rings. The molecule has 1 aromatic carbocycles. The van der Waals surface area contributed by atoms with E-state index in [1.54, 1.807) is 0 Å². The van der Waals surface area contributed by atoms with E-state index in [1.807, 2.05) is 18.2 Å². The molecule has 1 atom stereocenters. The van der Waals surface area contributed by atoms with Crippen LogP contribution in [-0.2, 0) is 6.42 Å². The van der Waals surface area contributed by atoms with Gasteiger partial charge in [0.1, 0.15) is 5.75 Å². The zero-order valence-corrected chi connectivity index (χ0v) is 13.1. The molecule has 2 aliphatic heterocycles. The lowest BCUT2D eigenvalue weighted by atomic mass is 10.1. The van der Waals surface area contributed by atoms with Crippen LogP contribution in [0.25, 0.3) is 23.0 Å². The smallest absolute Gasteiger partial charge is 0.278 e. The zero-order chi connectivity index (χ0) is 15.9. The first kappa shape index (κ1) is 13.7. The summed E-state index contributed by atoms with van der Waals surface area (Å²) in [6.45, 7) is 2.77. The zero-order valence-electron chi connectivity index (χ0n) is 13.1. The van der Waals surface area contributed by atoms with Gasteiger partial charge in [-0.25, -0.2) is 0 Å². The maximum atomic E-state index is 5.53. The van der Waals surface area contributed by atoms with Gasteiger partial charge in [-0.05, 0) is 42.8 Å². The van der Waals surface area contributed by atoms with Crippen molar-refractivity contribution in [3.05, 3.63) is 35.5 Å². The van der Waals surface area contributed by atoms with E-state index in [4.69, 9.17) is 9.26 Å².